The largest absolute Gasteiger partial charge is 0.370 e. The number of carbonyl (C=O) groups excluding carboxylic acids is 1. The summed E-state index contributed by atoms with van der Waals surface area (Å²) >= 11 is 0. The van der Waals surface area contributed by atoms with Gasteiger partial charge in [-0.25, -0.2) is 0 Å². The van der Waals surface area contributed by atoms with E-state index in [-0.39, 0.29) is 17.8 Å². The average Bonchev–Trinajstić information content (AvgIpc) is 2.35. The van der Waals surface area contributed by atoms with Gasteiger partial charge in [-0.05, 0) is 12.5 Å². The summed E-state index contributed by atoms with van der Waals surface area (Å²) in [5.74, 6) is 0.298. The van der Waals surface area contributed by atoms with Gasteiger partial charge in [-0.15, -0.1) is 0 Å². The minimum atomic E-state index is -0.308. The quantitative estimate of drug-likeness (QED) is 0.736. The van der Waals surface area contributed by atoms with Gasteiger partial charge in [0, 0.05) is 18.9 Å². The zero-order chi connectivity index (χ0) is 12.0. The smallest absolute Gasteiger partial charge is 0.161 e. The fraction of sp³-hybridized carbons (Fsp3) is 0.500. The summed E-state index contributed by atoms with van der Waals surface area (Å²) in [6.07, 6.45) is 0.222. The fourth-order valence-corrected chi connectivity index (χ4v) is 1.83. The lowest BCUT2D eigenvalue weighted by Gasteiger charge is -2.22. The van der Waals surface area contributed by atoms with Crippen molar-refractivity contribution in [3.63, 3.8) is 0 Å². The number of hydrogen-bond donors (Lipinski definition) is 0. The van der Waals surface area contributed by atoms with Crippen molar-refractivity contribution in [1.29, 1.82) is 0 Å². The third-order valence-corrected chi connectivity index (χ3v) is 2.79. The molecule has 0 saturated carbocycles. The molecule has 0 amide bonds. The lowest BCUT2D eigenvalue weighted by atomic mass is 9.92. The van der Waals surface area contributed by atoms with Crippen LogP contribution < -0.4 is 0 Å². The number of Topliss-reactive ketones (excluding diaryl/α,β-unsaturated/α-hetero) is 1. The van der Waals surface area contributed by atoms with Gasteiger partial charge < -0.3 is 4.74 Å². The molecule has 1 rings (SSSR count). The Kier molecular flexibility index (Phi) is 5.20. The molecule has 1 aromatic rings. The third kappa shape index (κ3) is 3.17. The second kappa shape index (κ2) is 6.44. The van der Waals surface area contributed by atoms with Crippen LogP contribution in [0.2, 0.25) is 0 Å². The van der Waals surface area contributed by atoms with Crippen LogP contribution >= 0.6 is 0 Å². The standard InChI is InChI=1S/C14H20O2/c1-4-13(15)14(16-5-2)11(3)12-9-7-6-8-10-12/h6-11,14H,4-5H2,1-3H3. The highest BCUT2D eigenvalue weighted by Crippen LogP contribution is 2.22. The molecule has 0 saturated heterocycles. The molecule has 88 valence electrons. The molecule has 2 unspecified atom stereocenters. The van der Waals surface area contributed by atoms with Crippen LogP contribution in [0.5, 0.6) is 0 Å². The van der Waals surface area contributed by atoms with Crippen molar-refractivity contribution in [3.8, 4) is 0 Å². The number of benzene rings is 1. The Hall–Kier alpha value is -1.15. The summed E-state index contributed by atoms with van der Waals surface area (Å²) in [6.45, 7) is 6.43. The zero-order valence-corrected chi connectivity index (χ0v) is 10.3. The minimum absolute atomic E-state index is 0.119. The van der Waals surface area contributed by atoms with E-state index in [0.717, 1.165) is 5.56 Å². The summed E-state index contributed by atoms with van der Waals surface area (Å²) in [6, 6.07) is 10.0. The Morgan fingerprint density at radius 2 is 1.88 bits per heavy atom. The maximum absolute atomic E-state index is 11.8. The van der Waals surface area contributed by atoms with Crippen molar-refractivity contribution >= 4 is 5.78 Å². The van der Waals surface area contributed by atoms with Crippen LogP contribution in [0.15, 0.2) is 30.3 Å². The molecule has 0 bridgehead atoms. The molecule has 0 spiro atoms. The van der Waals surface area contributed by atoms with Crippen molar-refractivity contribution < 1.29 is 9.53 Å². The van der Waals surface area contributed by atoms with Gasteiger partial charge in [-0.2, -0.15) is 0 Å². The Labute approximate surface area is 97.6 Å². The summed E-state index contributed by atoms with van der Waals surface area (Å²) in [5, 5.41) is 0. The van der Waals surface area contributed by atoms with Crippen LogP contribution in [0, 0.1) is 0 Å². The highest BCUT2D eigenvalue weighted by Gasteiger charge is 2.24. The molecule has 0 aliphatic rings. The molecule has 16 heavy (non-hydrogen) atoms. The van der Waals surface area contributed by atoms with E-state index in [1.54, 1.807) is 0 Å². The van der Waals surface area contributed by atoms with Crippen LogP contribution in [0.4, 0.5) is 0 Å². The monoisotopic (exact) mass is 220 g/mol. The van der Waals surface area contributed by atoms with Gasteiger partial charge in [0.15, 0.2) is 5.78 Å². The Bertz CT molecular complexity index is 319. The Morgan fingerprint density at radius 1 is 1.25 bits per heavy atom. The topological polar surface area (TPSA) is 26.3 Å². The van der Waals surface area contributed by atoms with E-state index in [1.165, 1.54) is 0 Å². The minimum Gasteiger partial charge on any atom is -0.370 e. The molecule has 0 N–H and O–H groups in total. The molecular formula is C14H20O2. The van der Waals surface area contributed by atoms with E-state index >= 15 is 0 Å². The Morgan fingerprint density at radius 3 is 2.38 bits per heavy atom. The molecule has 0 aliphatic heterocycles. The van der Waals surface area contributed by atoms with Crippen LogP contribution in [0.1, 0.15) is 38.7 Å². The van der Waals surface area contributed by atoms with Crippen molar-refractivity contribution in [2.24, 2.45) is 0 Å². The highest BCUT2D eigenvalue weighted by atomic mass is 16.5. The molecule has 0 radical (unpaired) electrons. The maximum atomic E-state index is 11.8. The van der Waals surface area contributed by atoms with Gasteiger partial charge in [0.2, 0.25) is 0 Å². The SMILES string of the molecule is CCOC(C(=O)CC)C(C)c1ccccc1. The van der Waals surface area contributed by atoms with Crippen LogP contribution in [0.25, 0.3) is 0 Å². The second-order valence-corrected chi connectivity index (χ2v) is 3.90. The first-order valence-electron chi connectivity index (χ1n) is 5.89. The van der Waals surface area contributed by atoms with Crippen molar-refractivity contribution in [1.82, 2.24) is 0 Å². The van der Waals surface area contributed by atoms with Crippen molar-refractivity contribution in [2.75, 3.05) is 6.61 Å². The van der Waals surface area contributed by atoms with Gasteiger partial charge >= 0.3 is 0 Å². The zero-order valence-electron chi connectivity index (χ0n) is 10.3. The fourth-order valence-electron chi connectivity index (χ4n) is 1.83. The Balaban J connectivity index is 2.82. The summed E-state index contributed by atoms with van der Waals surface area (Å²) in [7, 11) is 0. The second-order valence-electron chi connectivity index (χ2n) is 3.90. The lowest BCUT2D eigenvalue weighted by molar-refractivity contribution is -0.131. The van der Waals surface area contributed by atoms with E-state index in [9.17, 15) is 4.79 Å². The van der Waals surface area contributed by atoms with E-state index in [0.29, 0.717) is 13.0 Å². The number of rotatable bonds is 6. The summed E-state index contributed by atoms with van der Waals surface area (Å²) in [4.78, 5) is 11.8. The first-order chi connectivity index (χ1) is 7.70. The van der Waals surface area contributed by atoms with Crippen molar-refractivity contribution in [3.05, 3.63) is 35.9 Å². The van der Waals surface area contributed by atoms with Gasteiger partial charge in [-0.3, -0.25) is 4.79 Å². The summed E-state index contributed by atoms with van der Waals surface area (Å²) in [5.41, 5.74) is 1.16. The van der Waals surface area contributed by atoms with E-state index in [2.05, 4.69) is 0 Å². The number of hydrogen-bond acceptors (Lipinski definition) is 2. The molecule has 2 heteroatoms. The molecule has 2 atom stereocenters. The van der Waals surface area contributed by atoms with Gasteiger partial charge in [0.05, 0.1) is 0 Å². The number of ketones is 1. The molecule has 0 aromatic heterocycles. The molecule has 0 aliphatic carbocycles. The third-order valence-electron chi connectivity index (χ3n) is 2.79. The maximum Gasteiger partial charge on any atom is 0.161 e. The van der Waals surface area contributed by atoms with Crippen molar-refractivity contribution in [2.45, 2.75) is 39.2 Å². The molecule has 2 nitrogen and oxygen atoms in total. The van der Waals surface area contributed by atoms with Crippen LogP contribution in [0.3, 0.4) is 0 Å². The predicted octanol–water partition coefficient (Wildman–Crippen LogP) is 3.17. The normalized spacial score (nSPS) is 14.4. The van der Waals surface area contributed by atoms with Gasteiger partial charge in [-0.1, -0.05) is 44.2 Å². The summed E-state index contributed by atoms with van der Waals surface area (Å²) < 4.78 is 5.56. The van der Waals surface area contributed by atoms with Gasteiger partial charge in [0.25, 0.3) is 0 Å². The van der Waals surface area contributed by atoms with Crippen LogP contribution in [-0.2, 0) is 9.53 Å². The number of carbonyl (C=O) groups is 1. The lowest BCUT2D eigenvalue weighted by Crippen LogP contribution is -2.29. The predicted molar refractivity (Wildman–Crippen MR) is 65.6 cm³/mol. The first kappa shape index (κ1) is 12.9. The average molecular weight is 220 g/mol. The van der Waals surface area contributed by atoms with E-state index < -0.39 is 0 Å². The van der Waals surface area contributed by atoms with Crippen LogP contribution in [-0.4, -0.2) is 18.5 Å². The number of ether oxygens (including phenoxy) is 1. The van der Waals surface area contributed by atoms with Gasteiger partial charge in [0.1, 0.15) is 6.10 Å². The molecule has 0 heterocycles. The van der Waals surface area contributed by atoms with E-state index in [1.807, 2.05) is 51.1 Å². The molecule has 0 fully saturated rings. The van der Waals surface area contributed by atoms with E-state index in [4.69, 9.17) is 4.74 Å². The molecular weight excluding hydrogens is 200 g/mol. The highest BCUT2D eigenvalue weighted by molar-refractivity contribution is 5.83. The first-order valence-corrected chi connectivity index (χ1v) is 5.89. The molecule has 1 aromatic carbocycles.